The first-order valence-electron chi connectivity index (χ1n) is 6.99. The molecule has 2 N–H and O–H groups in total. The minimum absolute atomic E-state index is 0.0597. The molecule has 1 rings (SSSR count). The highest BCUT2D eigenvalue weighted by Crippen LogP contribution is 2.32. The maximum atomic E-state index is 12.2. The molecule has 130 valence electrons. The highest BCUT2D eigenvalue weighted by Gasteiger charge is 2.41. The van der Waals surface area contributed by atoms with Crippen LogP contribution in [0.15, 0.2) is 6.20 Å². The Hall–Kier alpha value is -1.68. The molecule has 1 aromatic heterocycles. The first-order valence-corrected chi connectivity index (χ1v) is 7.37. The largest absolute Gasteiger partial charge is 0.465 e. The summed E-state index contributed by atoms with van der Waals surface area (Å²) in [6.45, 7) is 2.84. The summed E-state index contributed by atoms with van der Waals surface area (Å²) in [7, 11) is 1.57. The number of carbonyl (C=O) groups excluding carboxylic acids is 2. The van der Waals surface area contributed by atoms with Crippen LogP contribution in [0, 0.1) is 5.92 Å². The van der Waals surface area contributed by atoms with Gasteiger partial charge in [0.25, 0.3) is 0 Å². The zero-order chi connectivity index (χ0) is 17.6. The van der Waals surface area contributed by atoms with E-state index in [2.05, 4.69) is 5.10 Å². The lowest BCUT2D eigenvalue weighted by atomic mass is 9.87. The molecule has 23 heavy (non-hydrogen) atoms. The molecule has 0 amide bonds. The quantitative estimate of drug-likeness (QED) is 0.405. The smallest absolute Gasteiger partial charge is 0.321 e. The van der Waals surface area contributed by atoms with E-state index in [1.54, 1.807) is 20.9 Å². The number of halogens is 1. The van der Waals surface area contributed by atoms with Gasteiger partial charge in [0.1, 0.15) is 5.15 Å². The van der Waals surface area contributed by atoms with Gasteiger partial charge in [0, 0.05) is 18.5 Å². The number of nitrogens with zero attached hydrogens (tertiary/aromatic N) is 3. The average molecular weight is 350 g/mol. The van der Waals surface area contributed by atoms with Crippen molar-refractivity contribution in [3.05, 3.63) is 16.9 Å². The van der Waals surface area contributed by atoms with E-state index < -0.39 is 30.3 Å². The molecule has 1 atom stereocenters. The van der Waals surface area contributed by atoms with Crippen molar-refractivity contribution in [1.29, 1.82) is 0 Å². The number of rotatable bonds is 8. The summed E-state index contributed by atoms with van der Waals surface area (Å²) in [5.41, 5.74) is 0.299. The fourth-order valence-corrected chi connectivity index (χ4v) is 2.37. The molecule has 0 aliphatic rings. The van der Waals surface area contributed by atoms with Crippen LogP contribution in [0.2, 0.25) is 5.15 Å². The van der Waals surface area contributed by atoms with E-state index in [0.29, 0.717) is 5.56 Å². The van der Waals surface area contributed by atoms with Gasteiger partial charge in [-0.05, 0) is 13.8 Å². The molecule has 0 bridgehead atoms. The van der Waals surface area contributed by atoms with Crippen LogP contribution in [0.1, 0.15) is 25.3 Å². The summed E-state index contributed by atoms with van der Waals surface area (Å²) in [5, 5.41) is 22.3. The number of esters is 2. The molecule has 0 aromatic carbocycles. The van der Waals surface area contributed by atoms with Crippen LogP contribution in [0.25, 0.3) is 0 Å². The summed E-state index contributed by atoms with van der Waals surface area (Å²) in [4.78, 5) is 24.4. The Morgan fingerprint density at radius 1 is 1.30 bits per heavy atom. The van der Waals surface area contributed by atoms with Crippen molar-refractivity contribution in [2.45, 2.75) is 19.8 Å². The highest BCUT2D eigenvalue weighted by atomic mass is 35.5. The van der Waals surface area contributed by atoms with E-state index >= 15 is 0 Å². The Labute approximate surface area is 138 Å². The number of hydrogen-bond donors (Lipinski definition) is 2. The molecule has 0 unspecified atom stereocenters. The lowest BCUT2D eigenvalue weighted by Gasteiger charge is -2.24. The fraction of sp³-hybridized carbons (Fsp3) is 0.615. The Balaban J connectivity index is 3.28. The zero-order valence-electron chi connectivity index (χ0n) is 13.1. The molecule has 0 spiro atoms. The van der Waals surface area contributed by atoms with Crippen molar-refractivity contribution < 1.29 is 29.5 Å². The zero-order valence-corrected chi connectivity index (χ0v) is 13.9. The SMILES string of the molecule is CCOC(=O)C(C(=O)OCC)[C@H](CN(O)O)c1cnn(C)c1Cl. The minimum Gasteiger partial charge on any atom is -0.465 e. The van der Waals surface area contributed by atoms with E-state index in [1.165, 1.54) is 10.9 Å². The molecule has 10 heteroatoms. The van der Waals surface area contributed by atoms with E-state index in [4.69, 9.17) is 31.5 Å². The monoisotopic (exact) mass is 349 g/mol. The van der Waals surface area contributed by atoms with Crippen LogP contribution < -0.4 is 0 Å². The molecule has 0 saturated heterocycles. The lowest BCUT2D eigenvalue weighted by molar-refractivity contribution is -0.309. The molecule has 0 fully saturated rings. The van der Waals surface area contributed by atoms with Crippen molar-refractivity contribution in [1.82, 2.24) is 15.0 Å². The van der Waals surface area contributed by atoms with Crippen LogP contribution in [-0.2, 0) is 26.1 Å². The third-order valence-corrected chi connectivity index (χ3v) is 3.60. The molecular formula is C13H20ClN3O6. The lowest BCUT2D eigenvalue weighted by Crippen LogP contribution is -2.38. The molecule has 0 radical (unpaired) electrons. The van der Waals surface area contributed by atoms with Crippen LogP contribution in [-0.4, -0.2) is 57.1 Å². The summed E-state index contributed by atoms with van der Waals surface area (Å²) in [5.74, 6) is -4.09. The van der Waals surface area contributed by atoms with Gasteiger partial charge in [-0.15, -0.1) is 0 Å². The van der Waals surface area contributed by atoms with Gasteiger partial charge >= 0.3 is 11.9 Å². The number of aryl methyl sites for hydroxylation is 1. The van der Waals surface area contributed by atoms with Crippen molar-refractivity contribution >= 4 is 23.5 Å². The Morgan fingerprint density at radius 2 is 1.83 bits per heavy atom. The second-order valence-electron chi connectivity index (χ2n) is 4.66. The highest BCUT2D eigenvalue weighted by molar-refractivity contribution is 6.30. The molecule has 0 aliphatic carbocycles. The number of ether oxygens (including phenoxy) is 2. The Bertz CT molecular complexity index is 530. The van der Waals surface area contributed by atoms with Gasteiger partial charge in [-0.2, -0.15) is 5.10 Å². The number of hydroxylamine groups is 2. The van der Waals surface area contributed by atoms with Crippen molar-refractivity contribution in [3.8, 4) is 0 Å². The number of carbonyl (C=O) groups is 2. The first kappa shape index (κ1) is 19.4. The van der Waals surface area contributed by atoms with Crippen LogP contribution >= 0.6 is 11.6 Å². The first-order chi connectivity index (χ1) is 10.8. The predicted octanol–water partition coefficient (Wildman–Crippen LogP) is 0.980. The van der Waals surface area contributed by atoms with E-state index in [9.17, 15) is 9.59 Å². The molecule has 0 aliphatic heterocycles. The van der Waals surface area contributed by atoms with E-state index in [0.717, 1.165) is 0 Å². The Kier molecular flexibility index (Phi) is 7.43. The third-order valence-electron chi connectivity index (χ3n) is 3.14. The van der Waals surface area contributed by atoms with Gasteiger partial charge in [0.2, 0.25) is 0 Å². The average Bonchev–Trinajstić information content (AvgIpc) is 2.78. The topological polar surface area (TPSA) is 114 Å². The van der Waals surface area contributed by atoms with E-state index in [-0.39, 0.29) is 23.6 Å². The second kappa shape index (κ2) is 8.82. The standard InChI is InChI=1S/C13H20ClN3O6/c1-4-22-12(18)10(13(19)23-5-2)9(7-17(20)21)8-6-15-16(3)11(8)14/h6,9-10,20-21H,4-5,7H2,1-3H3/t9-/m1/s1. The molecule has 1 heterocycles. The summed E-state index contributed by atoms with van der Waals surface area (Å²) in [6.07, 6.45) is 1.35. The van der Waals surface area contributed by atoms with Crippen LogP contribution in [0.3, 0.4) is 0 Å². The van der Waals surface area contributed by atoms with Gasteiger partial charge in [-0.3, -0.25) is 24.7 Å². The summed E-state index contributed by atoms with van der Waals surface area (Å²) < 4.78 is 11.2. The van der Waals surface area contributed by atoms with Crippen molar-refractivity contribution in [2.24, 2.45) is 13.0 Å². The van der Waals surface area contributed by atoms with E-state index in [1.807, 2.05) is 0 Å². The van der Waals surface area contributed by atoms with Gasteiger partial charge in [0.15, 0.2) is 5.92 Å². The van der Waals surface area contributed by atoms with Gasteiger partial charge in [0.05, 0.1) is 26.0 Å². The second-order valence-corrected chi connectivity index (χ2v) is 5.02. The maximum absolute atomic E-state index is 12.2. The molecular weight excluding hydrogens is 330 g/mol. The van der Waals surface area contributed by atoms with Crippen LogP contribution in [0.5, 0.6) is 0 Å². The normalized spacial score (nSPS) is 12.5. The fourth-order valence-electron chi connectivity index (χ4n) is 2.14. The summed E-state index contributed by atoms with van der Waals surface area (Å²) in [6, 6.07) is 0. The molecule has 1 aromatic rings. The third kappa shape index (κ3) is 4.90. The predicted molar refractivity (Wildman–Crippen MR) is 78.0 cm³/mol. The van der Waals surface area contributed by atoms with Crippen LogP contribution in [0.4, 0.5) is 0 Å². The Morgan fingerprint density at radius 3 is 2.17 bits per heavy atom. The number of hydrogen-bond acceptors (Lipinski definition) is 8. The minimum atomic E-state index is -1.40. The van der Waals surface area contributed by atoms with Crippen molar-refractivity contribution in [3.63, 3.8) is 0 Å². The van der Waals surface area contributed by atoms with Gasteiger partial charge in [-0.25, -0.2) is 0 Å². The summed E-state index contributed by atoms with van der Waals surface area (Å²) >= 11 is 6.11. The van der Waals surface area contributed by atoms with Gasteiger partial charge in [-0.1, -0.05) is 16.8 Å². The molecule has 0 saturated carbocycles. The molecule has 9 nitrogen and oxygen atoms in total. The maximum Gasteiger partial charge on any atom is 0.321 e. The number of aromatic nitrogens is 2. The van der Waals surface area contributed by atoms with Gasteiger partial charge < -0.3 is 9.47 Å². The van der Waals surface area contributed by atoms with Crippen molar-refractivity contribution in [2.75, 3.05) is 19.8 Å².